The Hall–Kier alpha value is -3.66. The van der Waals surface area contributed by atoms with Crippen LogP contribution in [0.15, 0.2) is 41.6 Å². The second-order valence-corrected chi connectivity index (χ2v) is 10.4. The number of benzene rings is 1. The molecule has 0 spiro atoms. The number of nitrogens with zero attached hydrogens (tertiary/aromatic N) is 4. The molecule has 1 aromatic carbocycles. The SMILES string of the molecule is O=C(Nc1ccc2c(c1)CCC2)Nc1cc2c(=O)n(CC3(O)CCN(C(=O)C4CC4)CC3)cnn2c1. The average molecular weight is 491 g/mol. The summed E-state index contributed by atoms with van der Waals surface area (Å²) in [6.07, 6.45) is 9.00. The first kappa shape index (κ1) is 22.8. The van der Waals surface area contributed by atoms with Gasteiger partial charge in [-0.25, -0.2) is 9.31 Å². The predicted molar refractivity (Wildman–Crippen MR) is 134 cm³/mol. The fourth-order valence-corrected chi connectivity index (χ4v) is 5.36. The van der Waals surface area contributed by atoms with Gasteiger partial charge in [-0.3, -0.25) is 14.2 Å². The molecule has 6 rings (SSSR count). The first-order chi connectivity index (χ1) is 17.4. The van der Waals surface area contributed by atoms with Gasteiger partial charge in [-0.15, -0.1) is 0 Å². The molecule has 3 aliphatic rings. The summed E-state index contributed by atoms with van der Waals surface area (Å²) in [4.78, 5) is 39.8. The second kappa shape index (κ2) is 8.77. The molecule has 3 heterocycles. The molecule has 2 aliphatic carbocycles. The standard InChI is InChI=1S/C26H30N6O4/c33-23(18-4-5-18)30-10-8-26(36,9-11-30)15-31-16-27-32-14-21(13-22(32)24(31)34)29-25(35)28-20-7-6-17-2-1-3-19(17)12-20/h6-7,12-14,16,18,36H,1-5,8-11,15H2,(H2,28,29,35). The van der Waals surface area contributed by atoms with Gasteiger partial charge in [-0.1, -0.05) is 6.07 Å². The van der Waals surface area contributed by atoms with Gasteiger partial charge in [-0.2, -0.15) is 5.10 Å². The van der Waals surface area contributed by atoms with E-state index in [-0.39, 0.29) is 23.9 Å². The molecule has 0 unspecified atom stereocenters. The van der Waals surface area contributed by atoms with Crippen LogP contribution in [0.1, 0.15) is 43.2 Å². The van der Waals surface area contributed by atoms with Gasteiger partial charge in [-0.05, 0) is 74.3 Å². The van der Waals surface area contributed by atoms with E-state index in [4.69, 9.17) is 0 Å². The molecule has 3 aromatic rings. The Morgan fingerprint density at radius 3 is 2.58 bits per heavy atom. The number of amides is 3. The Kier molecular flexibility index (Phi) is 5.55. The number of aromatic nitrogens is 3. The van der Waals surface area contributed by atoms with Crippen molar-refractivity contribution in [2.75, 3.05) is 23.7 Å². The number of carbonyl (C=O) groups excluding carboxylic acids is 2. The molecule has 3 amide bonds. The minimum atomic E-state index is -1.08. The van der Waals surface area contributed by atoms with Crippen LogP contribution in [0.2, 0.25) is 0 Å². The lowest BCUT2D eigenvalue weighted by molar-refractivity contribution is -0.137. The van der Waals surface area contributed by atoms with Gasteiger partial charge >= 0.3 is 6.03 Å². The van der Waals surface area contributed by atoms with Crippen LogP contribution in [-0.4, -0.2) is 54.8 Å². The molecule has 10 heteroatoms. The molecule has 36 heavy (non-hydrogen) atoms. The van der Waals surface area contributed by atoms with Crippen LogP contribution in [0.4, 0.5) is 16.2 Å². The highest BCUT2D eigenvalue weighted by molar-refractivity contribution is 6.00. The van der Waals surface area contributed by atoms with Crippen LogP contribution >= 0.6 is 0 Å². The zero-order valence-corrected chi connectivity index (χ0v) is 20.1. The lowest BCUT2D eigenvalue weighted by atomic mass is 9.91. The summed E-state index contributed by atoms with van der Waals surface area (Å²) < 4.78 is 2.83. The topological polar surface area (TPSA) is 121 Å². The quantitative estimate of drug-likeness (QED) is 0.507. The zero-order chi connectivity index (χ0) is 24.9. The van der Waals surface area contributed by atoms with E-state index >= 15 is 0 Å². The van der Waals surface area contributed by atoms with Crippen molar-refractivity contribution in [1.82, 2.24) is 19.1 Å². The monoisotopic (exact) mass is 490 g/mol. The van der Waals surface area contributed by atoms with Gasteiger partial charge in [0.1, 0.15) is 11.8 Å². The van der Waals surface area contributed by atoms with E-state index in [0.717, 1.165) is 37.8 Å². The summed E-state index contributed by atoms with van der Waals surface area (Å²) in [7, 11) is 0. The largest absolute Gasteiger partial charge is 0.388 e. The van der Waals surface area contributed by atoms with Crippen molar-refractivity contribution >= 4 is 28.8 Å². The smallest absolute Gasteiger partial charge is 0.323 e. The lowest BCUT2D eigenvalue weighted by Crippen LogP contribution is -2.50. The van der Waals surface area contributed by atoms with Gasteiger partial charge in [0, 0.05) is 24.7 Å². The van der Waals surface area contributed by atoms with Crippen LogP contribution in [-0.2, 0) is 24.2 Å². The molecule has 1 saturated heterocycles. The Morgan fingerprint density at radius 1 is 1.06 bits per heavy atom. The zero-order valence-electron chi connectivity index (χ0n) is 20.1. The molecule has 0 radical (unpaired) electrons. The van der Waals surface area contributed by atoms with Gasteiger partial charge in [0.05, 0.1) is 24.0 Å². The number of aryl methyl sites for hydroxylation is 2. The van der Waals surface area contributed by atoms with Crippen LogP contribution in [0.5, 0.6) is 0 Å². The van der Waals surface area contributed by atoms with E-state index in [1.165, 1.54) is 26.5 Å². The van der Waals surface area contributed by atoms with E-state index in [2.05, 4.69) is 21.8 Å². The van der Waals surface area contributed by atoms with Gasteiger partial charge in [0.15, 0.2) is 0 Å². The van der Waals surface area contributed by atoms with Crippen molar-refractivity contribution in [2.45, 2.75) is 57.1 Å². The van der Waals surface area contributed by atoms with E-state index in [9.17, 15) is 19.5 Å². The van der Waals surface area contributed by atoms with Crippen LogP contribution in [0.25, 0.3) is 5.52 Å². The maximum Gasteiger partial charge on any atom is 0.323 e. The molecule has 0 bridgehead atoms. The second-order valence-electron chi connectivity index (χ2n) is 10.4. The molecule has 10 nitrogen and oxygen atoms in total. The molecular formula is C26H30N6O4. The van der Waals surface area contributed by atoms with Crippen molar-refractivity contribution < 1.29 is 14.7 Å². The third kappa shape index (κ3) is 4.48. The number of aliphatic hydroxyl groups is 1. The maximum atomic E-state index is 13.1. The molecule has 3 N–H and O–H groups in total. The number of urea groups is 1. The fraction of sp³-hybridized carbons (Fsp3) is 0.462. The summed E-state index contributed by atoms with van der Waals surface area (Å²) in [6.45, 7) is 1.09. The summed E-state index contributed by atoms with van der Waals surface area (Å²) >= 11 is 0. The van der Waals surface area contributed by atoms with E-state index in [1.807, 2.05) is 17.0 Å². The summed E-state index contributed by atoms with van der Waals surface area (Å²) in [5, 5.41) is 21.0. The first-order valence-corrected chi connectivity index (χ1v) is 12.7. The molecule has 1 saturated carbocycles. The van der Waals surface area contributed by atoms with Gasteiger partial charge in [0.2, 0.25) is 5.91 Å². The maximum absolute atomic E-state index is 13.1. The number of carbonyl (C=O) groups is 2. The van der Waals surface area contributed by atoms with Crippen molar-refractivity contribution in [3.8, 4) is 0 Å². The average Bonchev–Trinajstić information content (AvgIpc) is 3.46. The third-order valence-electron chi connectivity index (χ3n) is 7.61. The van der Waals surface area contributed by atoms with Crippen molar-refractivity contribution in [2.24, 2.45) is 5.92 Å². The Bertz CT molecular complexity index is 1400. The minimum absolute atomic E-state index is 0.105. The highest BCUT2D eigenvalue weighted by atomic mass is 16.3. The molecule has 0 atom stereocenters. The Balaban J connectivity index is 1.12. The van der Waals surface area contributed by atoms with Crippen LogP contribution in [0.3, 0.4) is 0 Å². The summed E-state index contributed by atoms with van der Waals surface area (Å²) in [5.41, 5.74) is 2.71. The predicted octanol–water partition coefficient (Wildman–Crippen LogP) is 2.39. The highest BCUT2D eigenvalue weighted by Crippen LogP contribution is 2.33. The fourth-order valence-electron chi connectivity index (χ4n) is 5.36. The van der Waals surface area contributed by atoms with Crippen LogP contribution in [0, 0.1) is 5.92 Å². The van der Waals surface area contributed by atoms with Crippen LogP contribution < -0.4 is 16.2 Å². The molecule has 188 valence electrons. The number of likely N-dealkylation sites (tertiary alicyclic amines) is 1. The lowest BCUT2D eigenvalue weighted by Gasteiger charge is -2.38. The number of hydrogen-bond donors (Lipinski definition) is 3. The van der Waals surface area contributed by atoms with E-state index < -0.39 is 11.6 Å². The Morgan fingerprint density at radius 2 is 1.81 bits per heavy atom. The van der Waals surface area contributed by atoms with Crippen molar-refractivity contribution in [3.05, 3.63) is 58.3 Å². The van der Waals surface area contributed by atoms with E-state index in [1.54, 1.807) is 12.3 Å². The summed E-state index contributed by atoms with van der Waals surface area (Å²) in [6, 6.07) is 7.15. The van der Waals surface area contributed by atoms with Crippen molar-refractivity contribution in [3.63, 3.8) is 0 Å². The Labute approximate surface area is 207 Å². The molecular weight excluding hydrogens is 460 g/mol. The number of nitrogens with one attached hydrogen (secondary N) is 2. The minimum Gasteiger partial charge on any atom is -0.388 e. The van der Waals surface area contributed by atoms with Gasteiger partial charge in [0.25, 0.3) is 5.56 Å². The van der Waals surface area contributed by atoms with Crippen molar-refractivity contribution in [1.29, 1.82) is 0 Å². The van der Waals surface area contributed by atoms with E-state index in [0.29, 0.717) is 37.1 Å². The third-order valence-corrected chi connectivity index (χ3v) is 7.61. The normalized spacial score (nSPS) is 18.8. The van der Waals surface area contributed by atoms with Gasteiger partial charge < -0.3 is 20.6 Å². The first-order valence-electron chi connectivity index (χ1n) is 12.7. The highest BCUT2D eigenvalue weighted by Gasteiger charge is 2.39. The number of rotatable bonds is 5. The molecule has 1 aliphatic heterocycles. The summed E-state index contributed by atoms with van der Waals surface area (Å²) in [5.74, 6) is 0.351. The number of hydrogen-bond acceptors (Lipinski definition) is 5. The number of fused-ring (bicyclic) bond motifs is 2. The number of piperidine rings is 1. The molecule has 2 fully saturated rings. The molecule has 2 aromatic heterocycles. The number of anilines is 2.